The van der Waals surface area contributed by atoms with Gasteiger partial charge in [0.15, 0.2) is 18.1 Å². The number of benzene rings is 2. The third kappa shape index (κ3) is 5.66. The quantitative estimate of drug-likeness (QED) is 0.669. The number of ether oxygens (including phenoxy) is 3. The van der Waals surface area contributed by atoms with Gasteiger partial charge < -0.3 is 14.2 Å². The molecule has 2 aromatic rings. The average Bonchev–Trinajstić information content (AvgIpc) is 2.66. The molecule has 0 aliphatic heterocycles. The molecule has 0 aliphatic rings. The fourth-order valence-electron chi connectivity index (χ4n) is 2.00. The lowest BCUT2D eigenvalue weighted by atomic mass is 10.2. The molecule has 0 aliphatic carbocycles. The maximum Gasteiger partial charge on any atom is 0.276 e. The van der Waals surface area contributed by atoms with Crippen molar-refractivity contribution in [3.05, 3.63) is 52.5 Å². The SMILES string of the molecule is CCOc1ccc(C(=O)NNC(=O)COc2ccc(Br)cc2)cc1OC. The average molecular weight is 423 g/mol. The summed E-state index contributed by atoms with van der Waals surface area (Å²) in [5.74, 6) is 0.552. The van der Waals surface area contributed by atoms with Crippen LogP contribution in [0.3, 0.4) is 0 Å². The summed E-state index contributed by atoms with van der Waals surface area (Å²) in [5, 5.41) is 0. The van der Waals surface area contributed by atoms with Crippen LogP contribution in [0.25, 0.3) is 0 Å². The normalized spacial score (nSPS) is 9.96. The van der Waals surface area contributed by atoms with Crippen molar-refractivity contribution < 1.29 is 23.8 Å². The summed E-state index contributed by atoms with van der Waals surface area (Å²) in [6.45, 7) is 2.11. The van der Waals surface area contributed by atoms with Gasteiger partial charge in [0.1, 0.15) is 5.75 Å². The number of carbonyl (C=O) groups excluding carboxylic acids is 2. The summed E-state index contributed by atoms with van der Waals surface area (Å²) >= 11 is 3.31. The van der Waals surface area contributed by atoms with Crippen molar-refractivity contribution in [2.45, 2.75) is 6.92 Å². The van der Waals surface area contributed by atoms with Gasteiger partial charge in [0.2, 0.25) is 0 Å². The standard InChI is InChI=1S/C18H19BrN2O5/c1-3-25-15-9-4-12(10-16(15)24-2)18(23)21-20-17(22)11-26-14-7-5-13(19)6-8-14/h4-10H,3,11H2,1-2H3,(H,20,22)(H,21,23). The summed E-state index contributed by atoms with van der Waals surface area (Å²) in [4.78, 5) is 23.9. The Hall–Kier alpha value is -2.74. The summed E-state index contributed by atoms with van der Waals surface area (Å²) in [7, 11) is 1.49. The van der Waals surface area contributed by atoms with Crippen LogP contribution in [0.15, 0.2) is 46.9 Å². The molecule has 2 rings (SSSR count). The van der Waals surface area contributed by atoms with Crippen LogP contribution < -0.4 is 25.1 Å². The molecule has 0 radical (unpaired) electrons. The highest BCUT2D eigenvalue weighted by Gasteiger charge is 2.12. The van der Waals surface area contributed by atoms with Gasteiger partial charge in [-0.25, -0.2) is 0 Å². The summed E-state index contributed by atoms with van der Waals surface area (Å²) < 4.78 is 16.8. The maximum atomic E-state index is 12.1. The molecule has 0 atom stereocenters. The zero-order valence-electron chi connectivity index (χ0n) is 14.4. The minimum absolute atomic E-state index is 0.228. The van der Waals surface area contributed by atoms with E-state index in [1.807, 2.05) is 6.92 Å². The van der Waals surface area contributed by atoms with Gasteiger partial charge in [-0.15, -0.1) is 0 Å². The van der Waals surface area contributed by atoms with Crippen LogP contribution in [-0.4, -0.2) is 32.1 Å². The van der Waals surface area contributed by atoms with E-state index in [-0.39, 0.29) is 6.61 Å². The Morgan fingerprint density at radius 2 is 1.73 bits per heavy atom. The molecule has 8 heteroatoms. The first kappa shape index (κ1) is 19.6. The van der Waals surface area contributed by atoms with Crippen molar-refractivity contribution in [1.29, 1.82) is 0 Å². The van der Waals surface area contributed by atoms with E-state index in [0.717, 1.165) is 4.47 Å². The fourth-order valence-corrected chi connectivity index (χ4v) is 2.26. The van der Waals surface area contributed by atoms with E-state index in [2.05, 4.69) is 26.8 Å². The largest absolute Gasteiger partial charge is 0.493 e. The number of hydrogen-bond acceptors (Lipinski definition) is 5. The first-order valence-electron chi connectivity index (χ1n) is 7.82. The van der Waals surface area contributed by atoms with E-state index in [1.165, 1.54) is 13.2 Å². The zero-order valence-corrected chi connectivity index (χ0v) is 16.0. The second-order valence-electron chi connectivity index (χ2n) is 5.04. The molecule has 138 valence electrons. The third-order valence-electron chi connectivity index (χ3n) is 3.22. The second kappa shape index (κ2) is 9.67. The molecule has 0 unspecified atom stereocenters. The highest BCUT2D eigenvalue weighted by Crippen LogP contribution is 2.27. The first-order valence-corrected chi connectivity index (χ1v) is 8.61. The van der Waals surface area contributed by atoms with E-state index < -0.39 is 11.8 Å². The molecule has 0 fully saturated rings. The number of hydrazine groups is 1. The number of carbonyl (C=O) groups is 2. The molecule has 2 N–H and O–H groups in total. The van der Waals surface area contributed by atoms with Crippen LogP contribution in [0.1, 0.15) is 17.3 Å². The predicted molar refractivity (Wildman–Crippen MR) is 99.4 cm³/mol. The minimum Gasteiger partial charge on any atom is -0.493 e. The Morgan fingerprint density at radius 1 is 1.00 bits per heavy atom. The lowest BCUT2D eigenvalue weighted by Crippen LogP contribution is -2.43. The molecule has 2 amide bonds. The smallest absolute Gasteiger partial charge is 0.276 e. The van der Waals surface area contributed by atoms with Crippen LogP contribution in [0.4, 0.5) is 0 Å². The Morgan fingerprint density at radius 3 is 2.38 bits per heavy atom. The van der Waals surface area contributed by atoms with Crippen LogP contribution >= 0.6 is 15.9 Å². The van der Waals surface area contributed by atoms with Gasteiger partial charge in [0.25, 0.3) is 11.8 Å². The molecule has 2 aromatic carbocycles. The van der Waals surface area contributed by atoms with Gasteiger partial charge in [-0.2, -0.15) is 0 Å². The molecular weight excluding hydrogens is 404 g/mol. The van der Waals surface area contributed by atoms with Crippen molar-refractivity contribution in [2.24, 2.45) is 0 Å². The number of rotatable bonds is 7. The van der Waals surface area contributed by atoms with Gasteiger partial charge in [0.05, 0.1) is 13.7 Å². The monoisotopic (exact) mass is 422 g/mol. The van der Waals surface area contributed by atoms with Crippen LogP contribution in [-0.2, 0) is 4.79 Å². The van der Waals surface area contributed by atoms with E-state index in [4.69, 9.17) is 14.2 Å². The number of halogens is 1. The van der Waals surface area contributed by atoms with Crippen molar-refractivity contribution in [1.82, 2.24) is 10.9 Å². The van der Waals surface area contributed by atoms with Crippen molar-refractivity contribution in [3.8, 4) is 17.2 Å². The highest BCUT2D eigenvalue weighted by molar-refractivity contribution is 9.10. The summed E-state index contributed by atoms with van der Waals surface area (Å²) in [5.41, 5.74) is 4.94. The Bertz CT molecular complexity index is 765. The predicted octanol–water partition coefficient (Wildman–Crippen LogP) is 2.70. The molecular formula is C18H19BrN2O5. The van der Waals surface area contributed by atoms with E-state index in [0.29, 0.717) is 29.4 Å². The molecule has 7 nitrogen and oxygen atoms in total. The molecule has 0 aromatic heterocycles. The molecule has 0 heterocycles. The van der Waals surface area contributed by atoms with Gasteiger partial charge >= 0.3 is 0 Å². The van der Waals surface area contributed by atoms with Crippen molar-refractivity contribution >= 4 is 27.7 Å². The molecule has 0 bridgehead atoms. The first-order chi connectivity index (χ1) is 12.5. The molecule has 0 saturated carbocycles. The van der Waals surface area contributed by atoms with Gasteiger partial charge in [-0.1, -0.05) is 15.9 Å². The third-order valence-corrected chi connectivity index (χ3v) is 3.75. The number of hydrogen-bond donors (Lipinski definition) is 2. The number of nitrogens with one attached hydrogen (secondary N) is 2. The van der Waals surface area contributed by atoms with Gasteiger partial charge in [-0.3, -0.25) is 20.4 Å². The second-order valence-corrected chi connectivity index (χ2v) is 5.96. The van der Waals surface area contributed by atoms with E-state index in [9.17, 15) is 9.59 Å². The van der Waals surface area contributed by atoms with E-state index in [1.54, 1.807) is 36.4 Å². The van der Waals surface area contributed by atoms with E-state index >= 15 is 0 Å². The highest BCUT2D eigenvalue weighted by atomic mass is 79.9. The molecule has 26 heavy (non-hydrogen) atoms. The lowest BCUT2D eigenvalue weighted by molar-refractivity contribution is -0.123. The van der Waals surface area contributed by atoms with Crippen molar-refractivity contribution in [2.75, 3.05) is 20.3 Å². The number of methoxy groups -OCH3 is 1. The van der Waals surface area contributed by atoms with Crippen LogP contribution in [0, 0.1) is 0 Å². The zero-order chi connectivity index (χ0) is 18.9. The van der Waals surface area contributed by atoms with Gasteiger partial charge in [-0.05, 0) is 49.4 Å². The fraction of sp³-hybridized carbons (Fsp3) is 0.222. The van der Waals surface area contributed by atoms with Gasteiger partial charge in [0, 0.05) is 10.0 Å². The van der Waals surface area contributed by atoms with Crippen molar-refractivity contribution in [3.63, 3.8) is 0 Å². The Kier molecular flexibility index (Phi) is 7.28. The Labute approximate surface area is 159 Å². The summed E-state index contributed by atoms with van der Waals surface area (Å²) in [6, 6.07) is 11.8. The molecule has 0 spiro atoms. The minimum atomic E-state index is -0.487. The Balaban J connectivity index is 1.85. The lowest BCUT2D eigenvalue weighted by Gasteiger charge is -2.12. The van der Waals surface area contributed by atoms with Crippen LogP contribution in [0.5, 0.6) is 17.2 Å². The molecule has 0 saturated heterocycles. The maximum absolute atomic E-state index is 12.1. The number of amides is 2. The summed E-state index contributed by atoms with van der Waals surface area (Å²) in [6.07, 6.45) is 0. The van der Waals surface area contributed by atoms with Crippen LogP contribution in [0.2, 0.25) is 0 Å². The topological polar surface area (TPSA) is 85.9 Å².